The topological polar surface area (TPSA) is 81.4 Å². The number of amides is 1. The lowest BCUT2D eigenvalue weighted by Crippen LogP contribution is -2.45. The molecule has 1 amide bonds. The maximum Gasteiger partial charge on any atom is 0.292 e. The SMILES string of the molecule is CC(C)c1cc(C(=O)N2CCO[C@@H](CCc3ccncn3)C2)on1. The second-order valence-corrected chi connectivity index (χ2v) is 6.25. The van der Waals surface area contributed by atoms with E-state index in [0.29, 0.717) is 25.5 Å². The molecular formula is C17H22N4O3. The lowest BCUT2D eigenvalue weighted by molar-refractivity contribution is -0.0258. The molecule has 0 unspecified atom stereocenters. The Morgan fingerprint density at radius 3 is 3.04 bits per heavy atom. The molecule has 0 aromatic carbocycles. The molecule has 0 aliphatic carbocycles. The van der Waals surface area contributed by atoms with Crippen molar-refractivity contribution in [3.8, 4) is 0 Å². The Hall–Kier alpha value is -2.28. The van der Waals surface area contributed by atoms with Gasteiger partial charge < -0.3 is 14.2 Å². The van der Waals surface area contributed by atoms with Crippen LogP contribution < -0.4 is 0 Å². The number of nitrogens with zero attached hydrogens (tertiary/aromatic N) is 4. The largest absolute Gasteiger partial charge is 0.375 e. The van der Waals surface area contributed by atoms with E-state index >= 15 is 0 Å². The van der Waals surface area contributed by atoms with E-state index in [1.54, 1.807) is 23.5 Å². The standard InChI is InChI=1S/C17H22N4O3/c1-12(2)15-9-16(24-20-15)17(22)21-7-8-23-14(10-21)4-3-13-5-6-18-11-19-13/h5-6,9,11-12,14H,3-4,7-8,10H2,1-2H3/t14-/m0/s1. The molecule has 128 valence electrons. The molecule has 3 rings (SSSR count). The average molecular weight is 330 g/mol. The molecule has 3 heterocycles. The Balaban J connectivity index is 1.57. The fraction of sp³-hybridized carbons (Fsp3) is 0.529. The van der Waals surface area contributed by atoms with Gasteiger partial charge in [0, 0.05) is 31.0 Å². The second kappa shape index (κ2) is 7.53. The summed E-state index contributed by atoms with van der Waals surface area (Å²) < 4.78 is 11.0. The van der Waals surface area contributed by atoms with E-state index in [0.717, 1.165) is 24.2 Å². The van der Waals surface area contributed by atoms with Crippen LogP contribution in [-0.4, -0.2) is 51.7 Å². The Morgan fingerprint density at radius 1 is 1.46 bits per heavy atom. The van der Waals surface area contributed by atoms with E-state index in [-0.39, 0.29) is 17.9 Å². The average Bonchev–Trinajstić information content (AvgIpc) is 3.11. The molecule has 1 saturated heterocycles. The van der Waals surface area contributed by atoms with Crippen LogP contribution in [0.1, 0.15) is 48.1 Å². The lowest BCUT2D eigenvalue weighted by atomic mass is 10.1. The van der Waals surface area contributed by atoms with Crippen LogP contribution in [0.25, 0.3) is 0 Å². The van der Waals surface area contributed by atoms with E-state index in [4.69, 9.17) is 9.26 Å². The summed E-state index contributed by atoms with van der Waals surface area (Å²) in [7, 11) is 0. The number of hydrogen-bond acceptors (Lipinski definition) is 6. The fourth-order valence-corrected chi connectivity index (χ4v) is 2.67. The van der Waals surface area contributed by atoms with Crippen molar-refractivity contribution in [3.63, 3.8) is 0 Å². The maximum absolute atomic E-state index is 12.6. The summed E-state index contributed by atoms with van der Waals surface area (Å²) in [5.74, 6) is 0.417. The molecule has 1 fully saturated rings. The lowest BCUT2D eigenvalue weighted by Gasteiger charge is -2.32. The van der Waals surface area contributed by atoms with Crippen LogP contribution in [0.15, 0.2) is 29.2 Å². The van der Waals surface area contributed by atoms with Gasteiger partial charge in [0.1, 0.15) is 6.33 Å². The molecule has 2 aromatic rings. The number of aromatic nitrogens is 3. The highest BCUT2D eigenvalue weighted by molar-refractivity contribution is 5.91. The first kappa shape index (κ1) is 16.6. The van der Waals surface area contributed by atoms with Crippen LogP contribution in [-0.2, 0) is 11.2 Å². The molecule has 2 aromatic heterocycles. The molecule has 1 atom stereocenters. The van der Waals surface area contributed by atoms with E-state index in [2.05, 4.69) is 15.1 Å². The summed E-state index contributed by atoms with van der Waals surface area (Å²) >= 11 is 0. The molecule has 0 radical (unpaired) electrons. The number of ether oxygens (including phenoxy) is 1. The van der Waals surface area contributed by atoms with Crippen molar-refractivity contribution in [2.45, 2.75) is 38.7 Å². The fourth-order valence-electron chi connectivity index (χ4n) is 2.67. The number of morpholine rings is 1. The zero-order valence-corrected chi connectivity index (χ0v) is 14.0. The van der Waals surface area contributed by atoms with E-state index in [1.165, 1.54) is 0 Å². The van der Waals surface area contributed by atoms with Crippen LogP contribution in [0, 0.1) is 0 Å². The van der Waals surface area contributed by atoms with Crippen molar-refractivity contribution in [2.24, 2.45) is 0 Å². The van der Waals surface area contributed by atoms with Gasteiger partial charge in [-0.25, -0.2) is 9.97 Å². The molecule has 0 N–H and O–H groups in total. The van der Waals surface area contributed by atoms with Crippen LogP contribution in [0.5, 0.6) is 0 Å². The predicted octanol–water partition coefficient (Wildman–Crippen LogP) is 2.06. The molecule has 7 heteroatoms. The molecule has 0 saturated carbocycles. The highest BCUT2D eigenvalue weighted by Crippen LogP contribution is 2.18. The molecule has 1 aliphatic rings. The number of rotatable bonds is 5. The summed E-state index contributed by atoms with van der Waals surface area (Å²) in [6.45, 7) is 5.70. The van der Waals surface area contributed by atoms with Crippen molar-refractivity contribution in [1.29, 1.82) is 0 Å². The zero-order chi connectivity index (χ0) is 16.9. The molecule has 24 heavy (non-hydrogen) atoms. The summed E-state index contributed by atoms with van der Waals surface area (Å²) in [5.41, 5.74) is 1.78. The van der Waals surface area contributed by atoms with Crippen molar-refractivity contribution in [2.75, 3.05) is 19.7 Å². The molecule has 0 bridgehead atoms. The van der Waals surface area contributed by atoms with Gasteiger partial charge in [-0.2, -0.15) is 0 Å². The Kier molecular flexibility index (Phi) is 5.20. The van der Waals surface area contributed by atoms with Gasteiger partial charge in [-0.3, -0.25) is 4.79 Å². The quantitative estimate of drug-likeness (QED) is 0.835. The molecule has 0 spiro atoms. The van der Waals surface area contributed by atoms with Crippen LogP contribution >= 0.6 is 0 Å². The third-order valence-corrected chi connectivity index (χ3v) is 4.12. The number of aryl methyl sites for hydroxylation is 1. The number of carbonyl (C=O) groups excluding carboxylic acids is 1. The van der Waals surface area contributed by atoms with Gasteiger partial charge in [0.05, 0.1) is 18.4 Å². The first-order valence-electron chi connectivity index (χ1n) is 8.26. The number of carbonyl (C=O) groups is 1. The van der Waals surface area contributed by atoms with Gasteiger partial charge in [-0.15, -0.1) is 0 Å². The van der Waals surface area contributed by atoms with Gasteiger partial charge in [0.2, 0.25) is 5.76 Å². The van der Waals surface area contributed by atoms with Gasteiger partial charge in [0.15, 0.2) is 0 Å². The summed E-state index contributed by atoms with van der Waals surface area (Å²) in [4.78, 5) is 22.5. The monoisotopic (exact) mass is 330 g/mol. The summed E-state index contributed by atoms with van der Waals surface area (Å²) in [6.07, 6.45) is 4.90. The third-order valence-electron chi connectivity index (χ3n) is 4.12. The zero-order valence-electron chi connectivity index (χ0n) is 14.0. The van der Waals surface area contributed by atoms with Crippen LogP contribution in [0.4, 0.5) is 0 Å². The van der Waals surface area contributed by atoms with Gasteiger partial charge in [-0.05, 0) is 24.8 Å². The predicted molar refractivity (Wildman–Crippen MR) is 86.6 cm³/mol. The Bertz CT molecular complexity index is 671. The normalized spacial score (nSPS) is 18.1. The van der Waals surface area contributed by atoms with Crippen molar-refractivity contribution in [1.82, 2.24) is 20.0 Å². The molecular weight excluding hydrogens is 308 g/mol. The third kappa shape index (κ3) is 3.97. The van der Waals surface area contributed by atoms with Gasteiger partial charge in [0.25, 0.3) is 5.91 Å². The minimum Gasteiger partial charge on any atom is -0.375 e. The minimum absolute atomic E-state index is 0.00477. The van der Waals surface area contributed by atoms with E-state index < -0.39 is 0 Å². The van der Waals surface area contributed by atoms with Crippen molar-refractivity contribution in [3.05, 3.63) is 41.8 Å². The van der Waals surface area contributed by atoms with E-state index in [9.17, 15) is 4.79 Å². The maximum atomic E-state index is 12.6. The van der Waals surface area contributed by atoms with Gasteiger partial charge >= 0.3 is 0 Å². The highest BCUT2D eigenvalue weighted by Gasteiger charge is 2.27. The molecule has 1 aliphatic heterocycles. The first-order valence-corrected chi connectivity index (χ1v) is 8.26. The van der Waals surface area contributed by atoms with Crippen LogP contribution in [0.3, 0.4) is 0 Å². The number of hydrogen-bond donors (Lipinski definition) is 0. The van der Waals surface area contributed by atoms with Crippen molar-refractivity contribution < 1.29 is 14.1 Å². The molecule has 7 nitrogen and oxygen atoms in total. The Labute approximate surface area is 141 Å². The van der Waals surface area contributed by atoms with Crippen LogP contribution in [0.2, 0.25) is 0 Å². The first-order chi connectivity index (χ1) is 11.6. The highest BCUT2D eigenvalue weighted by atomic mass is 16.5. The summed E-state index contributed by atoms with van der Waals surface area (Å²) in [6, 6.07) is 3.63. The van der Waals surface area contributed by atoms with Crippen molar-refractivity contribution >= 4 is 5.91 Å². The second-order valence-electron chi connectivity index (χ2n) is 6.25. The van der Waals surface area contributed by atoms with Gasteiger partial charge in [-0.1, -0.05) is 19.0 Å². The van der Waals surface area contributed by atoms with E-state index in [1.807, 2.05) is 19.9 Å². The smallest absolute Gasteiger partial charge is 0.292 e. The summed E-state index contributed by atoms with van der Waals surface area (Å²) in [5, 5.41) is 3.96. The Morgan fingerprint density at radius 2 is 2.33 bits per heavy atom. The minimum atomic E-state index is -0.121.